The minimum Gasteiger partial charge on any atom is -0.467 e. The third-order valence-electron chi connectivity index (χ3n) is 6.32. The van der Waals surface area contributed by atoms with Crippen molar-refractivity contribution < 1.29 is 60.8 Å². The third-order valence-corrected chi connectivity index (χ3v) is 7.68. The topological polar surface area (TPSA) is 218 Å². The van der Waals surface area contributed by atoms with Gasteiger partial charge >= 0.3 is 24.1 Å². The van der Waals surface area contributed by atoms with Crippen LogP contribution in [0.5, 0.6) is 0 Å². The fourth-order valence-corrected chi connectivity index (χ4v) is 5.55. The highest BCUT2D eigenvalue weighted by Gasteiger charge is 2.45. The zero-order valence-electron chi connectivity index (χ0n) is 27.0. The van der Waals surface area contributed by atoms with E-state index in [1.165, 1.54) is 18.1 Å². The van der Waals surface area contributed by atoms with E-state index in [-0.39, 0.29) is 25.9 Å². The van der Waals surface area contributed by atoms with Crippen LogP contribution in [0.25, 0.3) is 0 Å². The van der Waals surface area contributed by atoms with E-state index in [1.807, 2.05) is 0 Å². The Balaban J connectivity index is 0.000000368. The summed E-state index contributed by atoms with van der Waals surface area (Å²) in [7, 11) is -1.98. The number of rotatable bonds is 6. The SMILES string of the molecule is COC(=O)[C@@H]1C[C@H](O)CN1C(=O)OC(C)(C)C.COC(=O)[C@@H]1C[C@H](OS(=O)(=O)c2cccc([N+](=O)[O-])c2)CN1C(=O)OC(C)(C)C. The summed E-state index contributed by atoms with van der Waals surface area (Å²) in [6, 6.07) is 2.54. The van der Waals surface area contributed by atoms with E-state index < -0.39 is 85.2 Å². The Morgan fingerprint density at radius 2 is 1.35 bits per heavy atom. The number of nitro groups is 1. The van der Waals surface area contributed by atoms with Crippen LogP contribution in [0.4, 0.5) is 15.3 Å². The molecule has 0 aromatic heterocycles. The number of nitrogens with zero attached hydrogens (tertiary/aromatic N) is 3. The molecule has 2 saturated heterocycles. The van der Waals surface area contributed by atoms with E-state index in [0.29, 0.717) is 0 Å². The van der Waals surface area contributed by atoms with Gasteiger partial charge in [-0.3, -0.25) is 24.1 Å². The first-order chi connectivity index (χ1) is 21.1. The Morgan fingerprint density at radius 1 is 0.870 bits per heavy atom. The van der Waals surface area contributed by atoms with E-state index in [9.17, 15) is 42.8 Å². The number of non-ortho nitro benzene ring substituents is 1. The highest BCUT2D eigenvalue weighted by atomic mass is 32.2. The Labute approximate surface area is 266 Å². The quantitative estimate of drug-likeness (QED) is 0.151. The molecule has 258 valence electrons. The molecular formula is C28H41N3O14S. The minimum absolute atomic E-state index is 0.0919. The number of aliphatic hydroxyl groups is 1. The van der Waals surface area contributed by atoms with Crippen molar-refractivity contribution in [2.75, 3.05) is 27.3 Å². The molecule has 17 nitrogen and oxygen atoms in total. The second-order valence-electron chi connectivity index (χ2n) is 12.4. The fourth-order valence-electron chi connectivity index (χ4n) is 4.43. The largest absolute Gasteiger partial charge is 0.467 e. The molecule has 2 amide bonds. The predicted molar refractivity (Wildman–Crippen MR) is 158 cm³/mol. The molecule has 0 aliphatic carbocycles. The van der Waals surface area contributed by atoms with E-state index in [2.05, 4.69) is 9.47 Å². The maximum absolute atomic E-state index is 12.5. The Bertz CT molecular complexity index is 1400. The number of hydrogen-bond acceptors (Lipinski definition) is 14. The molecule has 46 heavy (non-hydrogen) atoms. The van der Waals surface area contributed by atoms with Crippen molar-refractivity contribution in [2.24, 2.45) is 0 Å². The van der Waals surface area contributed by atoms with Crippen LogP contribution in [-0.2, 0) is 42.8 Å². The number of hydrogen-bond donors (Lipinski definition) is 1. The van der Waals surface area contributed by atoms with Gasteiger partial charge in [0.05, 0.1) is 44.4 Å². The van der Waals surface area contributed by atoms with Crippen LogP contribution >= 0.6 is 0 Å². The van der Waals surface area contributed by atoms with Crippen LogP contribution in [-0.4, -0.2) is 115 Å². The van der Waals surface area contributed by atoms with Crippen molar-refractivity contribution in [3.8, 4) is 0 Å². The monoisotopic (exact) mass is 675 g/mol. The van der Waals surface area contributed by atoms with Crippen LogP contribution in [0.1, 0.15) is 54.4 Å². The lowest BCUT2D eigenvalue weighted by Gasteiger charge is -2.27. The number of amides is 2. The van der Waals surface area contributed by atoms with Crippen LogP contribution in [0.2, 0.25) is 0 Å². The number of methoxy groups -OCH3 is 2. The molecule has 0 saturated carbocycles. The van der Waals surface area contributed by atoms with Crippen LogP contribution in [0.3, 0.4) is 0 Å². The lowest BCUT2D eigenvalue weighted by Crippen LogP contribution is -2.44. The van der Waals surface area contributed by atoms with Gasteiger partial charge in [-0.15, -0.1) is 0 Å². The standard InChI is InChI=1S/C17H22N2O9S.C11H19NO5/c1-17(2,3)27-16(21)18-10-12(9-14(18)15(20)26-4)28-29(24,25)13-7-5-6-11(8-13)19(22)23;1-11(2,3)17-10(15)12-6-7(13)5-8(12)9(14)16-4/h5-8,12,14H,9-10H2,1-4H3;7-8,13H,5-6H2,1-4H3/t12-,14-;7-,8-/m00/s1. The van der Waals surface area contributed by atoms with Gasteiger partial charge < -0.3 is 24.1 Å². The summed E-state index contributed by atoms with van der Waals surface area (Å²) in [6.45, 7) is 10.0. The van der Waals surface area contributed by atoms with Crippen molar-refractivity contribution in [3.63, 3.8) is 0 Å². The van der Waals surface area contributed by atoms with E-state index in [1.54, 1.807) is 41.5 Å². The van der Waals surface area contributed by atoms with Crippen LogP contribution < -0.4 is 0 Å². The molecular weight excluding hydrogens is 634 g/mol. The lowest BCUT2D eigenvalue weighted by molar-refractivity contribution is -0.385. The second-order valence-corrected chi connectivity index (χ2v) is 14.0. The predicted octanol–water partition coefficient (Wildman–Crippen LogP) is 2.38. The maximum Gasteiger partial charge on any atom is 0.411 e. The minimum atomic E-state index is -4.38. The highest BCUT2D eigenvalue weighted by molar-refractivity contribution is 7.86. The summed E-state index contributed by atoms with van der Waals surface area (Å²) >= 11 is 0. The van der Waals surface area contributed by atoms with Crippen LogP contribution in [0, 0.1) is 10.1 Å². The summed E-state index contributed by atoms with van der Waals surface area (Å²) in [5.41, 5.74) is -1.87. The van der Waals surface area contributed by atoms with Crippen molar-refractivity contribution in [1.82, 2.24) is 9.80 Å². The van der Waals surface area contributed by atoms with Crippen molar-refractivity contribution in [2.45, 2.75) is 94.8 Å². The molecule has 4 atom stereocenters. The molecule has 3 rings (SSSR count). The summed E-state index contributed by atoms with van der Waals surface area (Å²) in [5.74, 6) is -1.28. The maximum atomic E-state index is 12.5. The molecule has 0 spiro atoms. The van der Waals surface area contributed by atoms with Crippen molar-refractivity contribution in [3.05, 3.63) is 34.4 Å². The molecule has 0 radical (unpaired) electrons. The fraction of sp³-hybridized carbons (Fsp3) is 0.643. The number of ether oxygens (including phenoxy) is 4. The molecule has 18 heteroatoms. The molecule has 1 aromatic carbocycles. The number of benzene rings is 1. The average molecular weight is 676 g/mol. The highest BCUT2D eigenvalue weighted by Crippen LogP contribution is 2.28. The zero-order valence-corrected chi connectivity index (χ0v) is 27.8. The summed E-state index contributed by atoms with van der Waals surface area (Å²) in [5, 5.41) is 20.4. The smallest absolute Gasteiger partial charge is 0.411 e. The van der Waals surface area contributed by atoms with Gasteiger partial charge in [0.25, 0.3) is 15.8 Å². The third kappa shape index (κ3) is 10.8. The van der Waals surface area contributed by atoms with Gasteiger partial charge in [-0.25, -0.2) is 19.2 Å². The molecule has 0 unspecified atom stereocenters. The number of nitro benzene ring substituents is 1. The van der Waals surface area contributed by atoms with Gasteiger partial charge in [-0.1, -0.05) is 6.07 Å². The Morgan fingerprint density at radius 3 is 1.80 bits per heavy atom. The molecule has 1 N–H and O–H groups in total. The van der Waals surface area contributed by atoms with E-state index >= 15 is 0 Å². The van der Waals surface area contributed by atoms with E-state index in [0.717, 1.165) is 30.2 Å². The molecule has 2 aliphatic rings. The number of aliphatic hydroxyl groups excluding tert-OH is 1. The van der Waals surface area contributed by atoms with Gasteiger partial charge in [0.1, 0.15) is 28.2 Å². The number of esters is 2. The van der Waals surface area contributed by atoms with Crippen LogP contribution in [0.15, 0.2) is 29.2 Å². The molecule has 0 bridgehead atoms. The van der Waals surface area contributed by atoms with Crippen molar-refractivity contribution in [1.29, 1.82) is 0 Å². The molecule has 2 heterocycles. The molecule has 1 aromatic rings. The van der Waals surface area contributed by atoms with Gasteiger partial charge in [-0.05, 0) is 47.6 Å². The normalized spacial score (nSPS) is 21.5. The Hall–Kier alpha value is -4.03. The molecule has 2 aliphatic heterocycles. The van der Waals surface area contributed by atoms with Gasteiger partial charge in [0, 0.05) is 25.0 Å². The summed E-state index contributed by atoms with van der Waals surface area (Å²) < 4.78 is 49.9. The Kier molecular flexibility index (Phi) is 12.5. The van der Waals surface area contributed by atoms with Crippen molar-refractivity contribution >= 4 is 39.9 Å². The first-order valence-electron chi connectivity index (χ1n) is 14.1. The number of likely N-dealkylation sites (tertiary alicyclic amines) is 2. The zero-order chi connectivity index (χ0) is 35.2. The first-order valence-corrected chi connectivity index (χ1v) is 15.5. The molecule has 2 fully saturated rings. The average Bonchev–Trinajstić information content (AvgIpc) is 3.54. The number of β-amino-alcohol motifs (C(OH)–C–C–N with tert-alkyl or cyclic N) is 1. The number of carbonyl (C=O) groups excluding carboxylic acids is 4. The van der Waals surface area contributed by atoms with Gasteiger partial charge in [-0.2, -0.15) is 8.42 Å². The number of carbonyl (C=O) groups is 4. The lowest BCUT2D eigenvalue weighted by atomic mass is 10.2. The summed E-state index contributed by atoms with van der Waals surface area (Å²) in [6.07, 6.45) is -3.15. The first kappa shape index (κ1) is 38.2. The van der Waals surface area contributed by atoms with Gasteiger partial charge in [0.15, 0.2) is 0 Å². The van der Waals surface area contributed by atoms with E-state index in [4.69, 9.17) is 13.7 Å². The second kappa shape index (κ2) is 15.0. The van der Waals surface area contributed by atoms with Gasteiger partial charge in [0.2, 0.25) is 0 Å². The summed E-state index contributed by atoms with van der Waals surface area (Å²) in [4.78, 5) is 59.7.